The number of alkyl halides is 3. The number of hydrogen-bond acceptors (Lipinski definition) is 4. The van der Waals surface area contributed by atoms with Gasteiger partial charge in [0, 0.05) is 18.0 Å². The quantitative estimate of drug-likeness (QED) is 0.380. The molecule has 0 unspecified atom stereocenters. The van der Waals surface area contributed by atoms with E-state index in [0.717, 1.165) is 39.0 Å². The number of benzene rings is 2. The van der Waals surface area contributed by atoms with Crippen molar-refractivity contribution in [2.24, 2.45) is 0 Å². The van der Waals surface area contributed by atoms with Gasteiger partial charge in [-0.2, -0.15) is 13.2 Å². The number of carbonyl (C=O) groups is 1. The van der Waals surface area contributed by atoms with Gasteiger partial charge >= 0.3 is 6.18 Å². The lowest BCUT2D eigenvalue weighted by Gasteiger charge is -2.20. The number of carbonyl (C=O) groups excluding carboxylic acids is 1. The van der Waals surface area contributed by atoms with Crippen LogP contribution in [0.25, 0.3) is 10.2 Å². The van der Waals surface area contributed by atoms with Gasteiger partial charge in [0.2, 0.25) is 0 Å². The van der Waals surface area contributed by atoms with Crippen LogP contribution >= 0.6 is 11.3 Å². The molecule has 0 saturated heterocycles. The summed E-state index contributed by atoms with van der Waals surface area (Å²) >= 11 is 1.37. The third-order valence-electron chi connectivity index (χ3n) is 4.99. The van der Waals surface area contributed by atoms with Gasteiger partial charge in [-0.1, -0.05) is 17.4 Å². The summed E-state index contributed by atoms with van der Waals surface area (Å²) in [6.07, 6.45) is -1.18. The summed E-state index contributed by atoms with van der Waals surface area (Å²) in [6, 6.07) is 11.8. The highest BCUT2D eigenvalue weighted by atomic mass is 32.1. The molecular weight excluding hydrogens is 423 g/mol. The van der Waals surface area contributed by atoms with Crippen LogP contribution in [0.2, 0.25) is 0 Å². The fourth-order valence-electron chi connectivity index (χ4n) is 3.14. The number of fused-ring (bicyclic) bond motifs is 1. The van der Waals surface area contributed by atoms with Crippen molar-refractivity contribution < 1.29 is 18.0 Å². The van der Waals surface area contributed by atoms with E-state index in [1.807, 2.05) is 32.0 Å². The number of aromatic nitrogens is 2. The topological polar surface area (TPSA) is 46.1 Å². The van der Waals surface area contributed by atoms with E-state index in [2.05, 4.69) is 9.97 Å². The molecule has 4 aromatic rings. The minimum absolute atomic E-state index is 0.156. The Bertz CT molecular complexity index is 1200. The highest BCUT2D eigenvalue weighted by Gasteiger charge is 2.31. The Labute approximate surface area is 181 Å². The zero-order valence-electron chi connectivity index (χ0n) is 16.8. The smallest absolute Gasteiger partial charge is 0.279 e. The van der Waals surface area contributed by atoms with Gasteiger partial charge in [0.15, 0.2) is 5.13 Å². The molecule has 8 heteroatoms. The van der Waals surface area contributed by atoms with Crippen LogP contribution in [0.15, 0.2) is 60.9 Å². The van der Waals surface area contributed by atoms with Crippen molar-refractivity contribution in [1.29, 1.82) is 0 Å². The van der Waals surface area contributed by atoms with Crippen LogP contribution in [0.5, 0.6) is 0 Å². The van der Waals surface area contributed by atoms with E-state index in [4.69, 9.17) is 0 Å². The molecule has 4 nitrogen and oxygen atoms in total. The first kappa shape index (κ1) is 21.0. The van der Waals surface area contributed by atoms with Gasteiger partial charge < -0.3 is 0 Å². The lowest BCUT2D eigenvalue weighted by Crippen LogP contribution is -2.30. The molecule has 0 spiro atoms. The van der Waals surface area contributed by atoms with Crippen molar-refractivity contribution in [3.63, 3.8) is 0 Å². The van der Waals surface area contributed by atoms with E-state index < -0.39 is 17.6 Å². The molecule has 0 bridgehead atoms. The van der Waals surface area contributed by atoms with Gasteiger partial charge in [-0.3, -0.25) is 14.7 Å². The van der Waals surface area contributed by atoms with Crippen LogP contribution in [-0.2, 0) is 12.7 Å². The van der Waals surface area contributed by atoms with Crippen LogP contribution in [0, 0.1) is 13.8 Å². The number of anilines is 1. The molecule has 0 atom stereocenters. The third-order valence-corrected chi connectivity index (χ3v) is 6.03. The number of nitrogens with zero attached hydrogens (tertiary/aromatic N) is 3. The van der Waals surface area contributed by atoms with Gasteiger partial charge in [0.1, 0.15) is 0 Å². The second-order valence-electron chi connectivity index (χ2n) is 7.23. The number of rotatable bonds is 4. The Balaban J connectivity index is 1.75. The van der Waals surface area contributed by atoms with Gasteiger partial charge in [0.05, 0.1) is 22.3 Å². The molecule has 0 radical (unpaired) electrons. The highest BCUT2D eigenvalue weighted by molar-refractivity contribution is 7.22. The zero-order chi connectivity index (χ0) is 22.2. The molecule has 0 saturated carbocycles. The minimum atomic E-state index is -4.46. The molecule has 0 aliphatic rings. The zero-order valence-corrected chi connectivity index (χ0v) is 17.6. The molecule has 0 aliphatic heterocycles. The molecule has 31 heavy (non-hydrogen) atoms. The number of aryl methyl sites for hydroxylation is 2. The van der Waals surface area contributed by atoms with Crippen LogP contribution in [0.1, 0.15) is 32.6 Å². The van der Waals surface area contributed by atoms with Crippen molar-refractivity contribution in [2.45, 2.75) is 26.6 Å². The Morgan fingerprint density at radius 1 is 1.06 bits per heavy atom. The molecule has 4 rings (SSSR count). The monoisotopic (exact) mass is 441 g/mol. The Morgan fingerprint density at radius 2 is 1.77 bits per heavy atom. The molecule has 2 heterocycles. The first-order chi connectivity index (χ1) is 14.7. The summed E-state index contributed by atoms with van der Waals surface area (Å²) in [5, 5.41) is 0.480. The summed E-state index contributed by atoms with van der Waals surface area (Å²) < 4.78 is 39.7. The standard InChI is InChI=1S/C23H18F3N3OS/c1-14-10-19-20(11-15(14)2)31-22(28-19)29(13-16-4-3-9-27-12-16)21(30)17-5-7-18(8-6-17)23(24,25)26/h3-12H,13H2,1-2H3. The van der Waals surface area contributed by atoms with E-state index in [1.54, 1.807) is 18.5 Å². The molecule has 1 amide bonds. The lowest BCUT2D eigenvalue weighted by molar-refractivity contribution is -0.137. The summed E-state index contributed by atoms with van der Waals surface area (Å²) in [4.78, 5) is 23.5. The second kappa shape index (κ2) is 8.11. The van der Waals surface area contributed by atoms with Crippen molar-refractivity contribution in [3.05, 3.63) is 88.7 Å². The maximum absolute atomic E-state index is 13.3. The second-order valence-corrected chi connectivity index (χ2v) is 8.24. The number of halogens is 3. The lowest BCUT2D eigenvalue weighted by atomic mass is 10.1. The largest absolute Gasteiger partial charge is 0.416 e. The first-order valence-electron chi connectivity index (χ1n) is 9.48. The average molecular weight is 441 g/mol. The number of amides is 1. The minimum Gasteiger partial charge on any atom is -0.279 e. The molecule has 2 aromatic carbocycles. The van der Waals surface area contributed by atoms with Gasteiger partial charge in [-0.05, 0) is 73.0 Å². The van der Waals surface area contributed by atoms with Crippen molar-refractivity contribution in [2.75, 3.05) is 4.90 Å². The molecular formula is C23H18F3N3OS. The number of thiazole rings is 1. The summed E-state index contributed by atoms with van der Waals surface area (Å²) in [5.41, 5.74) is 3.14. The van der Waals surface area contributed by atoms with Gasteiger partial charge in [-0.15, -0.1) is 0 Å². The fourth-order valence-corrected chi connectivity index (χ4v) is 4.18. The predicted molar refractivity (Wildman–Crippen MR) is 115 cm³/mol. The fraction of sp³-hybridized carbons (Fsp3) is 0.174. The van der Waals surface area contributed by atoms with E-state index in [1.165, 1.54) is 28.4 Å². The molecule has 2 aromatic heterocycles. The molecule has 158 valence electrons. The third kappa shape index (κ3) is 4.44. The Kier molecular flexibility index (Phi) is 5.49. The summed E-state index contributed by atoms with van der Waals surface area (Å²) in [6.45, 7) is 4.20. The van der Waals surface area contributed by atoms with E-state index in [-0.39, 0.29) is 12.1 Å². The Hall–Kier alpha value is -3.26. The van der Waals surface area contributed by atoms with Crippen molar-refractivity contribution in [3.8, 4) is 0 Å². The SMILES string of the molecule is Cc1cc2nc(N(Cc3cccnc3)C(=O)c3ccc(C(F)(F)F)cc3)sc2cc1C. The molecule has 0 N–H and O–H groups in total. The van der Waals surface area contributed by atoms with Crippen molar-refractivity contribution in [1.82, 2.24) is 9.97 Å². The van der Waals surface area contributed by atoms with Crippen LogP contribution in [0.4, 0.5) is 18.3 Å². The molecule has 0 aliphatic carbocycles. The highest BCUT2D eigenvalue weighted by Crippen LogP contribution is 2.33. The maximum atomic E-state index is 13.3. The van der Waals surface area contributed by atoms with Gasteiger partial charge in [-0.25, -0.2) is 4.98 Å². The van der Waals surface area contributed by atoms with Crippen LogP contribution < -0.4 is 4.90 Å². The number of pyridine rings is 1. The summed E-state index contributed by atoms with van der Waals surface area (Å²) in [7, 11) is 0. The summed E-state index contributed by atoms with van der Waals surface area (Å²) in [5.74, 6) is -0.426. The van der Waals surface area contributed by atoms with Gasteiger partial charge in [0.25, 0.3) is 5.91 Å². The average Bonchev–Trinajstić information content (AvgIpc) is 3.14. The maximum Gasteiger partial charge on any atom is 0.416 e. The predicted octanol–water partition coefficient (Wildman–Crippen LogP) is 6.17. The molecule has 0 fully saturated rings. The van der Waals surface area contributed by atoms with Crippen LogP contribution in [-0.4, -0.2) is 15.9 Å². The van der Waals surface area contributed by atoms with Crippen molar-refractivity contribution >= 4 is 32.6 Å². The van der Waals surface area contributed by atoms with E-state index in [0.29, 0.717) is 5.13 Å². The van der Waals surface area contributed by atoms with E-state index in [9.17, 15) is 18.0 Å². The Morgan fingerprint density at radius 3 is 2.42 bits per heavy atom. The normalized spacial score (nSPS) is 11.6. The first-order valence-corrected chi connectivity index (χ1v) is 10.3. The van der Waals surface area contributed by atoms with Crippen LogP contribution in [0.3, 0.4) is 0 Å². The van der Waals surface area contributed by atoms with E-state index >= 15 is 0 Å². The number of hydrogen-bond donors (Lipinski definition) is 0.